The van der Waals surface area contributed by atoms with Crippen molar-refractivity contribution in [3.8, 4) is 5.75 Å². The Labute approximate surface area is 118 Å². The highest BCUT2D eigenvalue weighted by Gasteiger charge is 2.38. The maximum Gasteiger partial charge on any atom is 0.453 e. The zero-order valence-corrected chi connectivity index (χ0v) is 11.2. The SMILES string of the molecule is COc1ccc(C2CCNc3nc(C(F)(F)F)nn32)cc1. The number of fused-ring (bicyclic) bond motifs is 1. The zero-order valence-electron chi connectivity index (χ0n) is 11.2. The molecule has 1 unspecified atom stereocenters. The van der Waals surface area contributed by atoms with E-state index in [9.17, 15) is 13.2 Å². The zero-order chi connectivity index (χ0) is 15.0. The fraction of sp³-hybridized carbons (Fsp3) is 0.385. The number of rotatable bonds is 2. The molecule has 1 aromatic heterocycles. The van der Waals surface area contributed by atoms with Crippen LogP contribution in [0, 0.1) is 0 Å². The second kappa shape index (κ2) is 4.94. The van der Waals surface area contributed by atoms with Crippen molar-refractivity contribution in [1.29, 1.82) is 0 Å². The molecule has 0 saturated carbocycles. The van der Waals surface area contributed by atoms with Crippen molar-refractivity contribution in [2.75, 3.05) is 19.0 Å². The molecule has 1 N–H and O–H groups in total. The lowest BCUT2D eigenvalue weighted by atomic mass is 10.0. The molecule has 112 valence electrons. The Bertz CT molecular complexity index is 636. The van der Waals surface area contributed by atoms with Gasteiger partial charge >= 0.3 is 6.18 Å². The normalized spacial score (nSPS) is 18.0. The van der Waals surface area contributed by atoms with E-state index in [0.717, 1.165) is 5.56 Å². The van der Waals surface area contributed by atoms with Crippen LogP contribution >= 0.6 is 0 Å². The molecule has 2 aromatic rings. The lowest BCUT2D eigenvalue weighted by Gasteiger charge is -2.24. The van der Waals surface area contributed by atoms with E-state index in [4.69, 9.17) is 4.74 Å². The van der Waals surface area contributed by atoms with Crippen LogP contribution in [-0.2, 0) is 6.18 Å². The van der Waals surface area contributed by atoms with E-state index < -0.39 is 12.0 Å². The minimum absolute atomic E-state index is 0.148. The summed E-state index contributed by atoms with van der Waals surface area (Å²) in [6.07, 6.45) is -3.91. The van der Waals surface area contributed by atoms with Crippen LogP contribution in [0.15, 0.2) is 24.3 Å². The standard InChI is InChI=1S/C13H13F3N4O/c1-21-9-4-2-8(3-5-9)10-6-7-17-12-18-11(13(14,15)16)19-20(10)12/h2-5,10H,6-7H2,1H3,(H,17,18,19). The van der Waals surface area contributed by atoms with E-state index in [1.165, 1.54) is 4.68 Å². The largest absolute Gasteiger partial charge is 0.497 e. The van der Waals surface area contributed by atoms with Crippen LogP contribution in [-0.4, -0.2) is 28.4 Å². The summed E-state index contributed by atoms with van der Waals surface area (Å²) < 4.78 is 44.5. The number of methoxy groups -OCH3 is 1. The summed E-state index contributed by atoms with van der Waals surface area (Å²) in [4.78, 5) is 3.52. The lowest BCUT2D eigenvalue weighted by molar-refractivity contribution is -0.145. The van der Waals surface area contributed by atoms with E-state index in [1.54, 1.807) is 19.2 Å². The van der Waals surface area contributed by atoms with Gasteiger partial charge in [0.05, 0.1) is 13.2 Å². The van der Waals surface area contributed by atoms with Crippen LogP contribution in [0.2, 0.25) is 0 Å². The molecule has 3 rings (SSSR count). The highest BCUT2D eigenvalue weighted by atomic mass is 19.4. The number of anilines is 1. The van der Waals surface area contributed by atoms with Crippen LogP contribution in [0.1, 0.15) is 23.9 Å². The first-order valence-corrected chi connectivity index (χ1v) is 6.40. The highest BCUT2D eigenvalue weighted by molar-refractivity contribution is 5.35. The van der Waals surface area contributed by atoms with Gasteiger partial charge in [0, 0.05) is 6.54 Å². The predicted octanol–water partition coefficient (Wildman–Crippen LogP) is 2.71. The number of aromatic nitrogens is 3. The van der Waals surface area contributed by atoms with Crippen molar-refractivity contribution < 1.29 is 17.9 Å². The third kappa shape index (κ3) is 2.53. The second-order valence-corrected chi connectivity index (χ2v) is 4.71. The van der Waals surface area contributed by atoms with E-state index in [0.29, 0.717) is 18.7 Å². The molecule has 0 radical (unpaired) electrons. The molecule has 0 bridgehead atoms. The Morgan fingerprint density at radius 2 is 2.00 bits per heavy atom. The van der Waals surface area contributed by atoms with Crippen molar-refractivity contribution in [3.63, 3.8) is 0 Å². The summed E-state index contributed by atoms with van der Waals surface area (Å²) in [7, 11) is 1.56. The molecular weight excluding hydrogens is 285 g/mol. The average molecular weight is 298 g/mol. The van der Waals surface area contributed by atoms with Crippen molar-refractivity contribution in [1.82, 2.24) is 14.8 Å². The average Bonchev–Trinajstić information content (AvgIpc) is 2.91. The molecule has 0 saturated heterocycles. The summed E-state index contributed by atoms with van der Waals surface area (Å²) in [5, 5.41) is 6.45. The molecule has 0 fully saturated rings. The molecule has 21 heavy (non-hydrogen) atoms. The van der Waals surface area contributed by atoms with E-state index in [1.807, 2.05) is 12.1 Å². The number of hydrogen-bond acceptors (Lipinski definition) is 4. The Hall–Kier alpha value is -2.25. The molecule has 8 heteroatoms. The molecule has 1 aliphatic rings. The molecule has 2 heterocycles. The molecule has 5 nitrogen and oxygen atoms in total. The Kier molecular flexibility index (Phi) is 3.23. The maximum absolute atomic E-state index is 12.7. The van der Waals surface area contributed by atoms with Gasteiger partial charge < -0.3 is 10.1 Å². The Balaban J connectivity index is 1.97. The first-order chi connectivity index (χ1) is 9.99. The fourth-order valence-electron chi connectivity index (χ4n) is 2.36. The van der Waals surface area contributed by atoms with Crippen molar-refractivity contribution >= 4 is 5.95 Å². The minimum Gasteiger partial charge on any atom is -0.497 e. The topological polar surface area (TPSA) is 52.0 Å². The van der Waals surface area contributed by atoms with Crippen LogP contribution in [0.5, 0.6) is 5.75 Å². The summed E-state index contributed by atoms with van der Waals surface area (Å²) >= 11 is 0. The van der Waals surface area contributed by atoms with E-state index >= 15 is 0 Å². The van der Waals surface area contributed by atoms with Gasteiger partial charge in [0.25, 0.3) is 5.82 Å². The molecule has 1 aromatic carbocycles. The fourth-order valence-corrected chi connectivity index (χ4v) is 2.36. The van der Waals surface area contributed by atoms with Crippen LogP contribution in [0.4, 0.5) is 19.1 Å². The first-order valence-electron chi connectivity index (χ1n) is 6.40. The molecule has 0 aliphatic carbocycles. The summed E-state index contributed by atoms with van der Waals surface area (Å²) in [5.41, 5.74) is 0.872. The second-order valence-electron chi connectivity index (χ2n) is 4.71. The van der Waals surface area contributed by atoms with Crippen molar-refractivity contribution in [2.24, 2.45) is 0 Å². The first kappa shape index (κ1) is 13.7. The third-order valence-corrected chi connectivity index (χ3v) is 3.38. The quantitative estimate of drug-likeness (QED) is 0.926. The molecule has 1 aliphatic heterocycles. The lowest BCUT2D eigenvalue weighted by Crippen LogP contribution is -2.24. The number of halogens is 3. The van der Waals surface area contributed by atoms with Crippen molar-refractivity contribution in [3.05, 3.63) is 35.7 Å². The van der Waals surface area contributed by atoms with Gasteiger partial charge in [-0.05, 0) is 24.1 Å². The van der Waals surface area contributed by atoms with Crippen LogP contribution in [0.25, 0.3) is 0 Å². The molecular formula is C13H13F3N4O. The van der Waals surface area contributed by atoms with Crippen LogP contribution in [0.3, 0.4) is 0 Å². The minimum atomic E-state index is -4.55. The van der Waals surface area contributed by atoms with E-state index in [2.05, 4.69) is 15.4 Å². The molecule has 0 amide bonds. The van der Waals surface area contributed by atoms with Gasteiger partial charge in [0.1, 0.15) is 5.75 Å². The van der Waals surface area contributed by atoms with Crippen LogP contribution < -0.4 is 10.1 Å². The summed E-state index contributed by atoms with van der Waals surface area (Å²) in [5.74, 6) is -0.276. The monoisotopic (exact) mass is 298 g/mol. The molecule has 1 atom stereocenters. The van der Waals surface area contributed by atoms with Gasteiger partial charge in [-0.2, -0.15) is 18.2 Å². The van der Waals surface area contributed by atoms with E-state index in [-0.39, 0.29) is 12.0 Å². The predicted molar refractivity (Wildman–Crippen MR) is 69.3 cm³/mol. The molecule has 0 spiro atoms. The maximum atomic E-state index is 12.7. The van der Waals surface area contributed by atoms with Gasteiger partial charge in [0.2, 0.25) is 5.95 Å². The third-order valence-electron chi connectivity index (χ3n) is 3.38. The number of hydrogen-bond donors (Lipinski definition) is 1. The smallest absolute Gasteiger partial charge is 0.453 e. The Morgan fingerprint density at radius 1 is 1.29 bits per heavy atom. The number of benzene rings is 1. The Morgan fingerprint density at radius 3 is 2.62 bits per heavy atom. The van der Waals surface area contributed by atoms with Gasteiger partial charge in [-0.3, -0.25) is 0 Å². The number of nitrogens with one attached hydrogen (secondary N) is 1. The highest BCUT2D eigenvalue weighted by Crippen LogP contribution is 2.33. The van der Waals surface area contributed by atoms with Gasteiger partial charge in [-0.25, -0.2) is 4.68 Å². The van der Waals surface area contributed by atoms with Crippen molar-refractivity contribution in [2.45, 2.75) is 18.6 Å². The summed E-state index contributed by atoms with van der Waals surface area (Å²) in [6, 6.07) is 6.94. The summed E-state index contributed by atoms with van der Waals surface area (Å²) in [6.45, 7) is 0.548. The van der Waals surface area contributed by atoms with Gasteiger partial charge in [-0.15, -0.1) is 5.10 Å². The van der Waals surface area contributed by atoms with Gasteiger partial charge in [-0.1, -0.05) is 12.1 Å². The number of ether oxygens (including phenoxy) is 1. The van der Waals surface area contributed by atoms with Gasteiger partial charge in [0.15, 0.2) is 0 Å². The number of nitrogens with zero attached hydrogens (tertiary/aromatic N) is 3. The number of alkyl halides is 3.